The normalized spacial score (nSPS) is 17.2. The standard InChI is InChI=1S/C18H22N2O5S/c1-4-19-18-20(5-2)17(23)15(26-18)10-12-7-8-13(25-11-16(21)22)14(9-12)24-6-3/h7-10H,4-6,11H2,1-3H3,(H,21,22)/b15-10+,19-18?. The Balaban J connectivity index is 2.29. The number of nitrogens with zero attached hydrogens (tertiary/aromatic N) is 2. The first-order valence-corrected chi connectivity index (χ1v) is 9.19. The molecule has 1 N–H and O–H groups in total. The number of hydrogen-bond donors (Lipinski definition) is 1. The Labute approximate surface area is 156 Å². The van der Waals surface area contributed by atoms with Crippen molar-refractivity contribution in [2.45, 2.75) is 20.8 Å². The maximum absolute atomic E-state index is 12.5. The van der Waals surface area contributed by atoms with Gasteiger partial charge in [0.2, 0.25) is 0 Å². The van der Waals surface area contributed by atoms with Crippen molar-refractivity contribution in [2.24, 2.45) is 4.99 Å². The molecule has 0 atom stereocenters. The zero-order valence-electron chi connectivity index (χ0n) is 15.0. The lowest BCUT2D eigenvalue weighted by atomic mass is 10.2. The van der Waals surface area contributed by atoms with Crippen molar-refractivity contribution < 1.29 is 24.2 Å². The number of amides is 1. The van der Waals surface area contributed by atoms with E-state index < -0.39 is 12.6 Å². The summed E-state index contributed by atoms with van der Waals surface area (Å²) >= 11 is 1.35. The van der Waals surface area contributed by atoms with E-state index in [4.69, 9.17) is 14.6 Å². The number of carbonyl (C=O) groups is 2. The minimum atomic E-state index is -1.06. The molecular formula is C18H22N2O5S. The van der Waals surface area contributed by atoms with E-state index in [-0.39, 0.29) is 5.91 Å². The molecule has 140 valence electrons. The van der Waals surface area contributed by atoms with Crippen molar-refractivity contribution in [1.82, 2.24) is 4.90 Å². The van der Waals surface area contributed by atoms with Gasteiger partial charge in [0.25, 0.3) is 5.91 Å². The molecule has 0 bridgehead atoms. The maximum atomic E-state index is 12.5. The van der Waals surface area contributed by atoms with Gasteiger partial charge in [-0.2, -0.15) is 0 Å². The Kier molecular flexibility index (Phi) is 7.08. The van der Waals surface area contributed by atoms with Crippen LogP contribution in [-0.4, -0.2) is 53.4 Å². The summed E-state index contributed by atoms with van der Waals surface area (Å²) in [6, 6.07) is 5.13. The molecule has 1 aliphatic rings. The molecule has 1 amide bonds. The number of rotatable bonds is 8. The number of carbonyl (C=O) groups excluding carboxylic acids is 1. The Bertz CT molecular complexity index is 745. The highest BCUT2D eigenvalue weighted by Crippen LogP contribution is 2.34. The fraction of sp³-hybridized carbons (Fsp3) is 0.389. The summed E-state index contributed by atoms with van der Waals surface area (Å²) in [6.07, 6.45) is 1.78. The highest BCUT2D eigenvalue weighted by Gasteiger charge is 2.31. The number of aliphatic imine (C=N–C) groups is 1. The van der Waals surface area contributed by atoms with E-state index >= 15 is 0 Å². The summed E-state index contributed by atoms with van der Waals surface area (Å²) in [5.41, 5.74) is 0.765. The van der Waals surface area contributed by atoms with Gasteiger partial charge in [0, 0.05) is 13.1 Å². The van der Waals surface area contributed by atoms with Gasteiger partial charge in [0.1, 0.15) is 0 Å². The predicted octanol–water partition coefficient (Wildman–Crippen LogP) is 2.86. The third-order valence-electron chi connectivity index (χ3n) is 3.41. The second-order valence-electron chi connectivity index (χ2n) is 5.24. The number of carboxylic acids is 1. The fourth-order valence-electron chi connectivity index (χ4n) is 2.33. The van der Waals surface area contributed by atoms with Gasteiger partial charge in [0.05, 0.1) is 11.5 Å². The number of carboxylic acid groups (broad SMARTS) is 1. The molecule has 0 saturated carbocycles. The van der Waals surface area contributed by atoms with Crippen molar-refractivity contribution in [1.29, 1.82) is 0 Å². The quantitative estimate of drug-likeness (QED) is 0.700. The second kappa shape index (κ2) is 9.28. The molecule has 2 rings (SSSR count). The zero-order chi connectivity index (χ0) is 19.1. The molecule has 0 aliphatic carbocycles. The fourth-order valence-corrected chi connectivity index (χ4v) is 3.44. The van der Waals surface area contributed by atoms with Crippen molar-refractivity contribution in [2.75, 3.05) is 26.3 Å². The molecule has 0 radical (unpaired) electrons. The van der Waals surface area contributed by atoms with E-state index in [9.17, 15) is 9.59 Å². The molecule has 26 heavy (non-hydrogen) atoms. The molecular weight excluding hydrogens is 356 g/mol. The largest absolute Gasteiger partial charge is 0.490 e. The second-order valence-corrected chi connectivity index (χ2v) is 6.25. The van der Waals surface area contributed by atoms with Crippen LogP contribution in [0.2, 0.25) is 0 Å². The number of likely N-dealkylation sites (N-methyl/N-ethyl adjacent to an activating group) is 1. The van der Waals surface area contributed by atoms with E-state index in [1.165, 1.54) is 11.8 Å². The van der Waals surface area contributed by atoms with Gasteiger partial charge >= 0.3 is 5.97 Å². The molecule has 0 aromatic heterocycles. The number of ether oxygens (including phenoxy) is 2. The Morgan fingerprint density at radius 1 is 1.27 bits per heavy atom. The minimum absolute atomic E-state index is 0.0751. The van der Waals surface area contributed by atoms with Crippen LogP contribution in [0.4, 0.5) is 0 Å². The van der Waals surface area contributed by atoms with Gasteiger partial charge in [-0.15, -0.1) is 0 Å². The zero-order valence-corrected chi connectivity index (χ0v) is 15.8. The van der Waals surface area contributed by atoms with Crippen LogP contribution in [0.5, 0.6) is 11.5 Å². The Morgan fingerprint density at radius 3 is 2.65 bits per heavy atom. The molecule has 1 aromatic carbocycles. The third kappa shape index (κ3) is 4.78. The lowest BCUT2D eigenvalue weighted by Gasteiger charge is -2.12. The summed E-state index contributed by atoms with van der Waals surface area (Å²) in [5, 5.41) is 9.46. The Morgan fingerprint density at radius 2 is 2.04 bits per heavy atom. The summed E-state index contributed by atoms with van der Waals surface area (Å²) in [7, 11) is 0. The molecule has 1 aromatic rings. The highest BCUT2D eigenvalue weighted by molar-refractivity contribution is 8.18. The molecule has 1 heterocycles. The molecule has 7 nitrogen and oxygen atoms in total. The topological polar surface area (TPSA) is 88.4 Å². The molecule has 1 fully saturated rings. The monoisotopic (exact) mass is 378 g/mol. The van der Waals surface area contributed by atoms with Crippen LogP contribution in [0.3, 0.4) is 0 Å². The lowest BCUT2D eigenvalue weighted by molar-refractivity contribution is -0.139. The molecule has 1 saturated heterocycles. The third-order valence-corrected chi connectivity index (χ3v) is 4.46. The van der Waals surface area contributed by atoms with Crippen LogP contribution in [0, 0.1) is 0 Å². The molecule has 0 spiro atoms. The smallest absolute Gasteiger partial charge is 0.341 e. The van der Waals surface area contributed by atoms with Gasteiger partial charge < -0.3 is 14.6 Å². The number of thioether (sulfide) groups is 1. The summed E-state index contributed by atoms with van der Waals surface area (Å²) < 4.78 is 10.8. The van der Waals surface area contributed by atoms with E-state index in [1.807, 2.05) is 20.8 Å². The lowest BCUT2D eigenvalue weighted by Crippen LogP contribution is -2.28. The van der Waals surface area contributed by atoms with Gasteiger partial charge in [-0.1, -0.05) is 6.07 Å². The van der Waals surface area contributed by atoms with Crippen LogP contribution in [0.1, 0.15) is 26.3 Å². The molecule has 0 unspecified atom stereocenters. The van der Waals surface area contributed by atoms with Gasteiger partial charge in [-0.25, -0.2) is 4.79 Å². The van der Waals surface area contributed by atoms with Crippen molar-refractivity contribution >= 4 is 34.9 Å². The van der Waals surface area contributed by atoms with Crippen LogP contribution < -0.4 is 9.47 Å². The summed E-state index contributed by atoms with van der Waals surface area (Å²) in [5.74, 6) is -0.346. The molecule has 8 heteroatoms. The SMILES string of the molecule is CCN=C1S/C(=C/c2ccc(OCC(=O)O)c(OCC)c2)C(=O)N1CC. The first-order valence-electron chi connectivity index (χ1n) is 8.37. The number of amidine groups is 1. The van der Waals surface area contributed by atoms with E-state index in [0.29, 0.717) is 41.3 Å². The van der Waals surface area contributed by atoms with Gasteiger partial charge in [-0.3, -0.25) is 14.7 Å². The maximum Gasteiger partial charge on any atom is 0.341 e. The average molecular weight is 378 g/mol. The average Bonchev–Trinajstić information content (AvgIpc) is 2.89. The van der Waals surface area contributed by atoms with E-state index in [2.05, 4.69) is 4.99 Å². The highest BCUT2D eigenvalue weighted by atomic mass is 32.2. The number of aliphatic carboxylic acids is 1. The summed E-state index contributed by atoms with van der Waals surface area (Å²) in [6.45, 7) is 6.81. The van der Waals surface area contributed by atoms with Crippen LogP contribution in [-0.2, 0) is 9.59 Å². The van der Waals surface area contributed by atoms with E-state index in [0.717, 1.165) is 5.56 Å². The van der Waals surface area contributed by atoms with Crippen LogP contribution in [0.25, 0.3) is 6.08 Å². The van der Waals surface area contributed by atoms with Crippen molar-refractivity contribution in [3.05, 3.63) is 28.7 Å². The van der Waals surface area contributed by atoms with Crippen LogP contribution in [0.15, 0.2) is 28.1 Å². The first-order chi connectivity index (χ1) is 12.5. The predicted molar refractivity (Wildman–Crippen MR) is 102 cm³/mol. The van der Waals surface area contributed by atoms with Crippen molar-refractivity contribution in [3.8, 4) is 11.5 Å². The summed E-state index contributed by atoms with van der Waals surface area (Å²) in [4.78, 5) is 29.8. The van der Waals surface area contributed by atoms with Gasteiger partial charge in [-0.05, 0) is 56.3 Å². The van der Waals surface area contributed by atoms with E-state index in [1.54, 1.807) is 29.2 Å². The van der Waals surface area contributed by atoms with Crippen LogP contribution >= 0.6 is 11.8 Å². The first kappa shape index (κ1) is 19.8. The van der Waals surface area contributed by atoms with Crippen molar-refractivity contribution in [3.63, 3.8) is 0 Å². The number of benzene rings is 1. The van der Waals surface area contributed by atoms with Gasteiger partial charge in [0.15, 0.2) is 23.3 Å². The molecule has 1 aliphatic heterocycles. The minimum Gasteiger partial charge on any atom is -0.490 e. The Hall–Kier alpha value is -2.48. The number of hydrogen-bond acceptors (Lipinski definition) is 6.